The van der Waals surface area contributed by atoms with E-state index in [0.717, 1.165) is 61.6 Å². The summed E-state index contributed by atoms with van der Waals surface area (Å²) in [6.45, 7) is 20.0. The first kappa shape index (κ1) is 25.3. The smallest absolute Gasteiger partial charge is 0.133 e. The van der Waals surface area contributed by atoms with Gasteiger partial charge in [-0.1, -0.05) is 24.3 Å². The van der Waals surface area contributed by atoms with Crippen LogP contribution in [0.2, 0.25) is 0 Å². The maximum Gasteiger partial charge on any atom is 0.133 e. The number of morpholine rings is 2. The van der Waals surface area contributed by atoms with Crippen LogP contribution in [-0.2, 0) is 22.3 Å². The minimum atomic E-state index is 0.189. The molecule has 35 heavy (non-hydrogen) atoms. The number of allylic oxidation sites excluding steroid dienone is 2. The van der Waals surface area contributed by atoms with Crippen molar-refractivity contribution in [2.24, 2.45) is 0 Å². The predicted octanol–water partition coefficient (Wildman–Crippen LogP) is 6.16. The Bertz CT molecular complexity index is 935. The largest absolute Gasteiger partial charge is 0.457 e. The molecule has 0 amide bonds. The number of hydrogen-bond donors (Lipinski definition) is 0. The maximum atomic E-state index is 6.70. The van der Waals surface area contributed by atoms with Gasteiger partial charge in [0.25, 0.3) is 0 Å². The highest BCUT2D eigenvalue weighted by molar-refractivity contribution is 5.64. The second-order valence-electron chi connectivity index (χ2n) is 9.92. The molecule has 2 aromatic carbocycles. The van der Waals surface area contributed by atoms with Crippen LogP contribution < -0.4 is 14.5 Å². The van der Waals surface area contributed by atoms with Gasteiger partial charge in [-0.3, -0.25) is 0 Å². The highest BCUT2D eigenvalue weighted by Crippen LogP contribution is 2.39. The van der Waals surface area contributed by atoms with Crippen LogP contribution in [0.15, 0.2) is 61.7 Å². The van der Waals surface area contributed by atoms with Crippen LogP contribution in [0.25, 0.3) is 0 Å². The van der Waals surface area contributed by atoms with Crippen LogP contribution in [0.5, 0.6) is 11.5 Å². The summed E-state index contributed by atoms with van der Waals surface area (Å²) in [5, 5.41) is 0. The van der Waals surface area contributed by atoms with Crippen LogP contribution in [0, 0.1) is 0 Å². The number of rotatable bonds is 8. The quantitative estimate of drug-likeness (QED) is 0.426. The Morgan fingerprint density at radius 2 is 1.09 bits per heavy atom. The summed E-state index contributed by atoms with van der Waals surface area (Å²) in [4.78, 5) is 4.84. The molecule has 188 valence electrons. The third kappa shape index (κ3) is 5.91. The average molecular weight is 477 g/mol. The molecule has 0 aliphatic carbocycles. The highest BCUT2D eigenvalue weighted by atomic mass is 16.5. The Kier molecular flexibility index (Phi) is 8.19. The number of benzene rings is 2. The van der Waals surface area contributed by atoms with E-state index in [1.54, 1.807) is 0 Å². The zero-order valence-corrected chi connectivity index (χ0v) is 21.7. The van der Waals surface area contributed by atoms with Crippen LogP contribution in [-0.4, -0.2) is 50.6 Å². The molecule has 2 aliphatic heterocycles. The van der Waals surface area contributed by atoms with Gasteiger partial charge >= 0.3 is 0 Å². The summed E-state index contributed by atoms with van der Waals surface area (Å²) in [7, 11) is 0. The topological polar surface area (TPSA) is 34.2 Å². The molecule has 2 heterocycles. The Morgan fingerprint density at radius 1 is 0.714 bits per heavy atom. The van der Waals surface area contributed by atoms with Gasteiger partial charge in [0.15, 0.2) is 0 Å². The molecule has 5 heteroatoms. The summed E-state index contributed by atoms with van der Waals surface area (Å²) < 4.78 is 18.7. The fourth-order valence-corrected chi connectivity index (χ4v) is 5.46. The molecule has 0 N–H and O–H groups in total. The van der Waals surface area contributed by atoms with Gasteiger partial charge in [0.05, 0.1) is 24.4 Å². The number of ether oxygens (including phenoxy) is 3. The van der Waals surface area contributed by atoms with E-state index in [1.165, 1.54) is 11.4 Å². The lowest BCUT2D eigenvalue weighted by atomic mass is 10.0. The molecular formula is C30H40N2O3. The lowest BCUT2D eigenvalue weighted by Crippen LogP contribution is -2.45. The third-order valence-corrected chi connectivity index (χ3v) is 6.65. The fourth-order valence-electron chi connectivity index (χ4n) is 5.46. The normalized spacial score (nSPS) is 24.8. The minimum absolute atomic E-state index is 0.189. The second-order valence-corrected chi connectivity index (χ2v) is 9.92. The van der Waals surface area contributed by atoms with Crippen molar-refractivity contribution < 1.29 is 14.2 Å². The molecule has 2 saturated heterocycles. The number of anilines is 2. The van der Waals surface area contributed by atoms with Crippen molar-refractivity contribution in [3.63, 3.8) is 0 Å². The van der Waals surface area contributed by atoms with E-state index >= 15 is 0 Å². The maximum absolute atomic E-state index is 6.70. The van der Waals surface area contributed by atoms with Crippen molar-refractivity contribution in [1.82, 2.24) is 0 Å². The molecule has 5 nitrogen and oxygen atoms in total. The van der Waals surface area contributed by atoms with Crippen molar-refractivity contribution in [2.75, 3.05) is 36.0 Å². The van der Waals surface area contributed by atoms with Gasteiger partial charge in [-0.2, -0.15) is 0 Å². The molecule has 0 bridgehead atoms. The molecule has 4 rings (SSSR count). The lowest BCUT2D eigenvalue weighted by Gasteiger charge is -2.38. The molecule has 2 aliphatic rings. The highest BCUT2D eigenvalue weighted by Gasteiger charge is 2.27. The van der Waals surface area contributed by atoms with Crippen molar-refractivity contribution in [3.8, 4) is 11.5 Å². The molecule has 0 aromatic heterocycles. The van der Waals surface area contributed by atoms with Gasteiger partial charge in [0.1, 0.15) is 11.5 Å². The van der Waals surface area contributed by atoms with Crippen LogP contribution >= 0.6 is 0 Å². The molecule has 2 aromatic rings. The van der Waals surface area contributed by atoms with Crippen molar-refractivity contribution in [1.29, 1.82) is 0 Å². The van der Waals surface area contributed by atoms with E-state index in [9.17, 15) is 0 Å². The Balaban J connectivity index is 1.70. The van der Waals surface area contributed by atoms with Gasteiger partial charge in [-0.05, 0) is 64.8 Å². The lowest BCUT2D eigenvalue weighted by molar-refractivity contribution is -0.00552. The summed E-state index contributed by atoms with van der Waals surface area (Å²) in [6, 6.07) is 12.7. The van der Waals surface area contributed by atoms with Gasteiger partial charge in [-0.15, -0.1) is 13.2 Å². The Hall–Kier alpha value is -2.76. The molecule has 0 saturated carbocycles. The zero-order valence-electron chi connectivity index (χ0n) is 21.7. The monoisotopic (exact) mass is 476 g/mol. The summed E-state index contributed by atoms with van der Waals surface area (Å²) in [5.74, 6) is 1.75. The van der Waals surface area contributed by atoms with Crippen molar-refractivity contribution in [2.45, 2.75) is 65.0 Å². The average Bonchev–Trinajstić information content (AvgIpc) is 2.80. The van der Waals surface area contributed by atoms with Crippen molar-refractivity contribution >= 4 is 11.4 Å². The SMILES string of the molecule is C=CCc1c(Oc2cccc(N3CC(C)OC(C)C3)c2CC=C)cccc1N1CC(C)OC(C)C1. The van der Waals surface area contributed by atoms with Gasteiger partial charge in [-0.25, -0.2) is 0 Å². The van der Waals surface area contributed by atoms with Crippen molar-refractivity contribution in [3.05, 3.63) is 72.8 Å². The predicted molar refractivity (Wildman–Crippen MR) is 145 cm³/mol. The second kappa shape index (κ2) is 11.3. The van der Waals surface area contributed by atoms with Crippen LogP contribution in [0.3, 0.4) is 0 Å². The van der Waals surface area contributed by atoms with E-state index in [1.807, 2.05) is 12.2 Å². The molecular weight excluding hydrogens is 436 g/mol. The molecule has 0 spiro atoms. The van der Waals surface area contributed by atoms with E-state index in [0.29, 0.717) is 0 Å². The fraction of sp³-hybridized carbons (Fsp3) is 0.467. The Labute approximate surface area is 211 Å². The summed E-state index contributed by atoms with van der Waals surface area (Å²) >= 11 is 0. The van der Waals surface area contributed by atoms with Crippen LogP contribution in [0.4, 0.5) is 11.4 Å². The van der Waals surface area contributed by atoms with E-state index < -0.39 is 0 Å². The number of nitrogens with zero attached hydrogens (tertiary/aromatic N) is 2. The van der Waals surface area contributed by atoms with Gasteiger partial charge in [0.2, 0.25) is 0 Å². The first-order chi connectivity index (χ1) is 16.9. The van der Waals surface area contributed by atoms with Gasteiger partial charge in [0, 0.05) is 48.7 Å². The van der Waals surface area contributed by atoms with Crippen LogP contribution in [0.1, 0.15) is 38.8 Å². The third-order valence-electron chi connectivity index (χ3n) is 6.65. The first-order valence-electron chi connectivity index (χ1n) is 12.8. The molecule has 0 radical (unpaired) electrons. The van der Waals surface area contributed by atoms with E-state index in [4.69, 9.17) is 14.2 Å². The van der Waals surface area contributed by atoms with E-state index in [2.05, 4.69) is 87.1 Å². The van der Waals surface area contributed by atoms with Gasteiger partial charge < -0.3 is 24.0 Å². The standard InChI is InChI=1S/C30H40N2O3/c1-7-11-25-27(31-17-21(3)33-22(4)18-31)13-9-15-29(25)35-30-16-10-14-28(26(30)12-8-2)32-19-23(5)34-24(6)20-32/h7-10,13-16,21-24H,1-2,11-12,17-20H2,3-6H3. The molecule has 2 fully saturated rings. The minimum Gasteiger partial charge on any atom is -0.457 e. The van der Waals surface area contributed by atoms with E-state index in [-0.39, 0.29) is 24.4 Å². The summed E-state index contributed by atoms with van der Waals surface area (Å²) in [5.41, 5.74) is 4.71. The Morgan fingerprint density at radius 3 is 1.43 bits per heavy atom. The number of hydrogen-bond acceptors (Lipinski definition) is 5. The molecule has 4 unspecified atom stereocenters. The summed E-state index contributed by atoms with van der Waals surface area (Å²) in [6.07, 6.45) is 6.14. The first-order valence-corrected chi connectivity index (χ1v) is 12.8. The zero-order chi connectivity index (χ0) is 24.9. The molecule has 4 atom stereocenters.